The van der Waals surface area contributed by atoms with E-state index in [2.05, 4.69) is 21.2 Å². The van der Waals surface area contributed by atoms with E-state index in [-0.39, 0.29) is 60.2 Å². The van der Waals surface area contributed by atoms with E-state index < -0.39 is 47.6 Å². The normalized spacial score (nSPS) is 15.5. The number of nitrogens with two attached hydrogens (primary N) is 1. The van der Waals surface area contributed by atoms with Crippen LogP contribution in [0.4, 0.5) is 5.69 Å². The number of aromatic nitrogens is 1. The van der Waals surface area contributed by atoms with Gasteiger partial charge in [-0.1, -0.05) is 47.1 Å². The van der Waals surface area contributed by atoms with Crippen molar-refractivity contribution in [2.45, 2.75) is 111 Å². The molecule has 1 heterocycles. The molecule has 0 aliphatic carbocycles. The number of nitrogen functional groups attached to an aromatic ring is 1. The third-order valence-electron chi connectivity index (χ3n) is 9.51. The summed E-state index contributed by atoms with van der Waals surface area (Å²) in [6.07, 6.45) is 0.595. The summed E-state index contributed by atoms with van der Waals surface area (Å²) in [5.74, 6) is -2.98. The number of esters is 1. The predicted molar refractivity (Wildman–Crippen MR) is 199 cm³/mol. The van der Waals surface area contributed by atoms with Crippen molar-refractivity contribution in [1.29, 1.82) is 0 Å². The first-order valence-electron chi connectivity index (χ1n) is 17.4. The molecule has 15 heteroatoms. The number of aliphatic carboxylic acids is 1. The third-order valence-corrected chi connectivity index (χ3v) is 10.4. The number of carboxylic acids is 1. The number of phenolic OH excluding ortho intramolecular Hbond substituents is 1. The minimum atomic E-state index is -0.997. The maximum Gasteiger partial charge on any atom is 0.306 e. The molecule has 14 nitrogen and oxygen atoms in total. The third kappa shape index (κ3) is 12.7. The smallest absolute Gasteiger partial charge is 0.306 e. The molecule has 0 saturated heterocycles. The van der Waals surface area contributed by atoms with Crippen molar-refractivity contribution in [1.82, 2.24) is 31.0 Å². The van der Waals surface area contributed by atoms with Crippen LogP contribution in [0.15, 0.2) is 23.6 Å². The van der Waals surface area contributed by atoms with E-state index in [1.165, 1.54) is 24.3 Å². The Kier molecular flexibility index (Phi) is 16.3. The van der Waals surface area contributed by atoms with Crippen LogP contribution in [0.3, 0.4) is 0 Å². The Hall–Kier alpha value is -3.79. The van der Waals surface area contributed by atoms with Gasteiger partial charge in [-0.15, -0.1) is 11.3 Å². The summed E-state index contributed by atoms with van der Waals surface area (Å²) in [5, 5.41) is 24.2. The predicted octanol–water partition coefficient (Wildman–Crippen LogP) is 4.17. The van der Waals surface area contributed by atoms with Crippen molar-refractivity contribution in [3.63, 3.8) is 0 Å². The van der Waals surface area contributed by atoms with E-state index in [4.69, 9.17) is 10.5 Å². The monoisotopic (exact) mass is 733 g/mol. The van der Waals surface area contributed by atoms with Gasteiger partial charge in [0.15, 0.2) is 6.10 Å². The lowest BCUT2D eigenvalue weighted by Gasteiger charge is -2.39. The van der Waals surface area contributed by atoms with Crippen molar-refractivity contribution in [2.75, 3.05) is 26.9 Å². The van der Waals surface area contributed by atoms with Gasteiger partial charge in [0.1, 0.15) is 22.5 Å². The number of likely N-dealkylation sites (N-methyl/N-ethyl adjacent to an activating group) is 1. The number of hydrogen-bond donors (Lipinski definition) is 6. The Labute approximate surface area is 306 Å². The largest absolute Gasteiger partial charge is 0.506 e. The van der Waals surface area contributed by atoms with Crippen LogP contribution < -0.4 is 21.9 Å². The fraction of sp³-hybridized carbons (Fsp3) is 0.639. The molecule has 6 atom stereocenters. The maximum atomic E-state index is 14.1. The summed E-state index contributed by atoms with van der Waals surface area (Å²) in [4.78, 5) is 59.8. The van der Waals surface area contributed by atoms with Gasteiger partial charge >= 0.3 is 11.9 Å². The maximum absolute atomic E-state index is 14.1. The van der Waals surface area contributed by atoms with Gasteiger partial charge in [-0.2, -0.15) is 0 Å². The Morgan fingerprint density at radius 2 is 1.73 bits per heavy atom. The molecular formula is C36H59N7O7S. The van der Waals surface area contributed by atoms with Gasteiger partial charge in [-0.3, -0.25) is 24.1 Å². The van der Waals surface area contributed by atoms with Crippen molar-refractivity contribution in [3.8, 4) is 5.75 Å². The molecule has 2 amide bonds. The van der Waals surface area contributed by atoms with Crippen molar-refractivity contribution in [3.05, 3.63) is 39.8 Å². The first-order chi connectivity index (χ1) is 23.7. The molecule has 0 saturated carbocycles. The van der Waals surface area contributed by atoms with E-state index in [1.54, 1.807) is 36.4 Å². The van der Waals surface area contributed by atoms with Crippen LogP contribution in [0.1, 0.15) is 102 Å². The summed E-state index contributed by atoms with van der Waals surface area (Å²) in [5.41, 5.74) is 13.0. The van der Waals surface area contributed by atoms with E-state index in [9.17, 15) is 29.4 Å². The zero-order valence-corrected chi connectivity index (χ0v) is 32.8. The molecule has 2 rings (SSSR count). The number of carboxylic acid groups (broad SMARTS) is 1. The number of nitrogens with one attached hydrogen (secondary N) is 3. The molecule has 2 aromatic rings. The fourth-order valence-corrected chi connectivity index (χ4v) is 6.30. The van der Waals surface area contributed by atoms with E-state index in [0.29, 0.717) is 10.6 Å². The summed E-state index contributed by atoms with van der Waals surface area (Å²) >= 11 is 1.17. The van der Waals surface area contributed by atoms with Crippen LogP contribution >= 0.6 is 11.3 Å². The Morgan fingerprint density at radius 3 is 2.25 bits per heavy atom. The van der Waals surface area contributed by atoms with Gasteiger partial charge in [-0.25, -0.2) is 15.8 Å². The average Bonchev–Trinajstić information content (AvgIpc) is 3.54. The molecule has 0 aliphatic rings. The van der Waals surface area contributed by atoms with Gasteiger partial charge in [0.25, 0.3) is 5.91 Å². The van der Waals surface area contributed by atoms with Crippen LogP contribution in [0, 0.1) is 17.8 Å². The molecule has 0 spiro atoms. The molecule has 7 N–H and O–H groups in total. The standard InChI is InChI=1S/C36H59N7O7S/c1-12-21(4)31(40-41-36(7,8)42(9)10)34(47)43(11)28(20(2)3)18-30(50-23(6)44)33-39-27(19-51-33)32(46)38-25(15-22(5)35(48)49)16-24-13-14-29(45)26(37)17-24/h13-14,17,19-22,25,28,30-31,40-41,45H,12,15-16,18,37H2,1-11H3,(H,38,46)(H,48,49)/t21-,22-,25+,28+,30+,31-/m0/s1. The highest BCUT2D eigenvalue weighted by atomic mass is 32.1. The number of phenols is 1. The summed E-state index contributed by atoms with van der Waals surface area (Å²) in [6, 6.07) is 3.23. The number of hydrazine groups is 1. The Morgan fingerprint density at radius 1 is 1.08 bits per heavy atom. The molecule has 0 aliphatic heterocycles. The minimum Gasteiger partial charge on any atom is -0.506 e. The van der Waals surface area contributed by atoms with Crippen LogP contribution in [0.2, 0.25) is 0 Å². The fourth-order valence-electron chi connectivity index (χ4n) is 5.46. The highest BCUT2D eigenvalue weighted by molar-refractivity contribution is 7.09. The number of anilines is 1. The SMILES string of the molecule is CC[C@H](C)[C@H](NNC(C)(C)N(C)C)C(=O)N(C)[C@H](C[C@@H](OC(C)=O)c1nc(C(=O)N[C@@H](Cc2ccc(O)c(N)c2)C[C@H](C)C(=O)O)cs1)C(C)C. The molecule has 0 fully saturated rings. The lowest BCUT2D eigenvalue weighted by molar-refractivity contribution is -0.149. The highest BCUT2D eigenvalue weighted by Crippen LogP contribution is 2.31. The second-order valence-electron chi connectivity index (χ2n) is 14.5. The number of carbonyl (C=O) groups excluding carboxylic acids is 3. The van der Waals surface area contributed by atoms with Gasteiger partial charge < -0.3 is 30.9 Å². The second kappa shape index (κ2) is 19.2. The molecule has 286 valence electrons. The quantitative estimate of drug-likeness (QED) is 0.0374. The number of carbonyl (C=O) groups is 4. The molecule has 0 radical (unpaired) electrons. The van der Waals surface area contributed by atoms with Gasteiger partial charge in [0.2, 0.25) is 5.91 Å². The minimum absolute atomic E-state index is 0.0104. The number of benzene rings is 1. The van der Waals surface area contributed by atoms with Crippen molar-refractivity contribution >= 4 is 40.8 Å². The molecule has 0 bridgehead atoms. The molecule has 51 heavy (non-hydrogen) atoms. The van der Waals surface area contributed by atoms with Gasteiger partial charge in [0.05, 0.1) is 17.3 Å². The van der Waals surface area contributed by atoms with Crippen molar-refractivity contribution < 1.29 is 34.1 Å². The number of nitrogens with zero attached hydrogens (tertiary/aromatic N) is 3. The topological polar surface area (TPSA) is 199 Å². The Bertz CT molecular complexity index is 1480. The molecular weight excluding hydrogens is 675 g/mol. The summed E-state index contributed by atoms with van der Waals surface area (Å²) < 4.78 is 5.76. The van der Waals surface area contributed by atoms with Gasteiger partial charge in [-0.05, 0) is 70.3 Å². The van der Waals surface area contributed by atoms with Crippen LogP contribution in [-0.4, -0.2) is 93.7 Å². The first kappa shape index (κ1) is 43.4. The molecule has 1 aromatic carbocycles. The van der Waals surface area contributed by atoms with Crippen LogP contribution in [0.25, 0.3) is 0 Å². The van der Waals surface area contributed by atoms with Crippen LogP contribution in [0.5, 0.6) is 5.75 Å². The number of rotatable bonds is 20. The Balaban J connectivity index is 2.34. The lowest BCUT2D eigenvalue weighted by atomic mass is 9.93. The molecule has 1 aromatic heterocycles. The van der Waals surface area contributed by atoms with E-state index >= 15 is 0 Å². The van der Waals surface area contributed by atoms with Crippen LogP contribution in [-0.2, 0) is 25.5 Å². The van der Waals surface area contributed by atoms with E-state index in [0.717, 1.165) is 6.42 Å². The first-order valence-corrected chi connectivity index (χ1v) is 18.3. The zero-order valence-electron chi connectivity index (χ0n) is 31.9. The van der Waals surface area contributed by atoms with Gasteiger partial charge in [0, 0.05) is 37.9 Å². The van der Waals surface area contributed by atoms with E-state index in [1.807, 2.05) is 60.5 Å². The number of amides is 2. The van der Waals surface area contributed by atoms with Crippen molar-refractivity contribution in [2.24, 2.45) is 17.8 Å². The number of thiazole rings is 1. The number of ether oxygens (including phenoxy) is 1. The zero-order chi connectivity index (χ0) is 38.8. The second-order valence-corrected chi connectivity index (χ2v) is 15.4. The average molecular weight is 734 g/mol. The molecule has 0 unspecified atom stereocenters. The number of hydrogen-bond acceptors (Lipinski definition) is 12. The highest BCUT2D eigenvalue weighted by Gasteiger charge is 2.36. The summed E-state index contributed by atoms with van der Waals surface area (Å²) in [7, 11) is 5.66. The summed E-state index contributed by atoms with van der Waals surface area (Å²) in [6.45, 7) is 14.9. The number of aromatic hydroxyl groups is 1. The lowest BCUT2D eigenvalue weighted by Crippen LogP contribution is -2.63.